The molecule has 0 saturated carbocycles. The molecule has 1 nitrogen and oxygen atoms in total. The Morgan fingerprint density at radius 1 is 1.33 bits per heavy atom. The number of benzene rings is 1. The molecule has 1 heterocycles. The van der Waals surface area contributed by atoms with E-state index in [1.54, 1.807) is 0 Å². The number of fused-ring (bicyclic) bond motifs is 1. The molecule has 0 spiro atoms. The number of rotatable bonds is 3. The molecule has 0 radical (unpaired) electrons. The molecule has 1 unspecified atom stereocenters. The first-order chi connectivity index (χ1) is 8.38. The second kappa shape index (κ2) is 5.54. The molecule has 0 aliphatic carbocycles. The quantitative estimate of drug-likeness (QED) is 0.665. The molecule has 1 aromatic rings. The minimum Gasteiger partial charge on any atom is -0.493 e. The van der Waals surface area contributed by atoms with E-state index in [2.05, 4.69) is 64.8 Å². The molecule has 100 valence electrons. The average Bonchev–Trinajstić information content (AvgIpc) is 2.71. The van der Waals surface area contributed by atoms with Gasteiger partial charge in [0.1, 0.15) is 5.75 Å². The molecule has 1 atom stereocenters. The molecule has 0 saturated heterocycles. The third-order valence-electron chi connectivity index (χ3n) is 3.43. The zero-order valence-electron chi connectivity index (χ0n) is 11.2. The molecule has 1 aliphatic rings. The first-order valence-corrected chi connectivity index (χ1v) is 8.17. The van der Waals surface area contributed by atoms with Crippen molar-refractivity contribution in [3.8, 4) is 5.75 Å². The largest absolute Gasteiger partial charge is 0.493 e. The summed E-state index contributed by atoms with van der Waals surface area (Å²) in [5.41, 5.74) is 2.99. The van der Waals surface area contributed by atoms with E-state index in [-0.39, 0.29) is 0 Å². The van der Waals surface area contributed by atoms with Crippen molar-refractivity contribution in [2.45, 2.75) is 44.9 Å². The van der Waals surface area contributed by atoms with Gasteiger partial charge >= 0.3 is 0 Å². The summed E-state index contributed by atoms with van der Waals surface area (Å²) in [7, 11) is 0. The first-order valence-electron chi connectivity index (χ1n) is 6.46. The van der Waals surface area contributed by atoms with Crippen molar-refractivity contribution in [1.29, 1.82) is 0 Å². The SMILES string of the molecule is CC(C)(C)C(Br)CCc1cc(Br)cc2c1OCC2. The fourth-order valence-electron chi connectivity index (χ4n) is 2.25. The van der Waals surface area contributed by atoms with E-state index >= 15 is 0 Å². The third kappa shape index (κ3) is 3.30. The van der Waals surface area contributed by atoms with Gasteiger partial charge in [-0.05, 0) is 41.5 Å². The van der Waals surface area contributed by atoms with Crippen molar-refractivity contribution in [2.24, 2.45) is 5.41 Å². The Bertz CT molecular complexity index is 435. The maximum Gasteiger partial charge on any atom is 0.125 e. The minimum atomic E-state index is 0.302. The first kappa shape index (κ1) is 14.4. The van der Waals surface area contributed by atoms with Crippen LogP contribution in [0.4, 0.5) is 0 Å². The van der Waals surface area contributed by atoms with Crippen LogP contribution in [0.5, 0.6) is 5.75 Å². The second-order valence-corrected chi connectivity index (χ2v) is 8.04. The predicted octanol–water partition coefficient (Wildman–Crippen LogP) is 5.13. The van der Waals surface area contributed by atoms with Gasteiger partial charge in [-0.3, -0.25) is 0 Å². The van der Waals surface area contributed by atoms with Crippen LogP contribution in [0.15, 0.2) is 16.6 Å². The van der Waals surface area contributed by atoms with Crippen LogP contribution < -0.4 is 4.74 Å². The van der Waals surface area contributed by atoms with Crippen LogP contribution in [-0.2, 0) is 12.8 Å². The zero-order valence-corrected chi connectivity index (χ0v) is 14.4. The highest BCUT2D eigenvalue weighted by Crippen LogP contribution is 2.36. The van der Waals surface area contributed by atoms with E-state index in [1.165, 1.54) is 15.6 Å². The third-order valence-corrected chi connectivity index (χ3v) is 5.72. The van der Waals surface area contributed by atoms with Crippen molar-refractivity contribution < 1.29 is 4.74 Å². The molecule has 2 rings (SSSR count). The van der Waals surface area contributed by atoms with Gasteiger partial charge in [0.05, 0.1) is 6.61 Å². The Kier molecular flexibility index (Phi) is 4.43. The molecular formula is C15H20Br2O. The lowest BCUT2D eigenvalue weighted by Gasteiger charge is -2.25. The number of aryl methyl sites for hydroxylation is 1. The fourth-order valence-corrected chi connectivity index (χ4v) is 3.03. The van der Waals surface area contributed by atoms with E-state index in [4.69, 9.17) is 4.74 Å². The van der Waals surface area contributed by atoms with E-state index in [1.807, 2.05) is 0 Å². The number of hydrogen-bond donors (Lipinski definition) is 0. The molecule has 0 N–H and O–H groups in total. The Hall–Kier alpha value is -0.0200. The lowest BCUT2D eigenvalue weighted by Crippen LogP contribution is -2.20. The van der Waals surface area contributed by atoms with Gasteiger partial charge in [0.2, 0.25) is 0 Å². The van der Waals surface area contributed by atoms with Crippen molar-refractivity contribution in [3.63, 3.8) is 0 Å². The van der Waals surface area contributed by atoms with Crippen LogP contribution >= 0.6 is 31.9 Å². The molecule has 0 bridgehead atoms. The van der Waals surface area contributed by atoms with Gasteiger partial charge in [-0.1, -0.05) is 52.6 Å². The summed E-state index contributed by atoms with van der Waals surface area (Å²) >= 11 is 7.40. The highest BCUT2D eigenvalue weighted by Gasteiger charge is 2.23. The van der Waals surface area contributed by atoms with Gasteiger partial charge in [-0.2, -0.15) is 0 Å². The summed E-state index contributed by atoms with van der Waals surface area (Å²) in [6, 6.07) is 4.38. The van der Waals surface area contributed by atoms with E-state index in [0.29, 0.717) is 10.2 Å². The maximum atomic E-state index is 5.77. The zero-order chi connectivity index (χ0) is 13.3. The standard InChI is InChI=1S/C15H20Br2O/c1-15(2,3)13(17)5-4-10-8-12(16)9-11-6-7-18-14(10)11/h8-9,13H,4-7H2,1-3H3. The van der Waals surface area contributed by atoms with Crippen LogP contribution in [0.3, 0.4) is 0 Å². The normalized spacial score (nSPS) is 16.3. The summed E-state index contributed by atoms with van der Waals surface area (Å²) in [5, 5.41) is 0. The Morgan fingerprint density at radius 3 is 2.72 bits per heavy atom. The topological polar surface area (TPSA) is 9.23 Å². The lowest BCUT2D eigenvalue weighted by atomic mass is 9.88. The summed E-state index contributed by atoms with van der Waals surface area (Å²) in [5.74, 6) is 1.13. The van der Waals surface area contributed by atoms with Gasteiger partial charge in [0.15, 0.2) is 0 Å². The van der Waals surface area contributed by atoms with Crippen LogP contribution in [0.1, 0.15) is 38.3 Å². The average molecular weight is 376 g/mol. The maximum absolute atomic E-state index is 5.77. The highest BCUT2D eigenvalue weighted by molar-refractivity contribution is 9.10. The summed E-state index contributed by atoms with van der Waals surface area (Å²) < 4.78 is 6.94. The van der Waals surface area contributed by atoms with Gasteiger partial charge in [0, 0.05) is 15.7 Å². The monoisotopic (exact) mass is 374 g/mol. The molecule has 0 amide bonds. The van der Waals surface area contributed by atoms with Gasteiger partial charge < -0.3 is 4.74 Å². The molecule has 18 heavy (non-hydrogen) atoms. The lowest BCUT2D eigenvalue weighted by molar-refractivity contribution is 0.350. The summed E-state index contributed by atoms with van der Waals surface area (Å²) in [6.45, 7) is 7.65. The number of halogens is 2. The Morgan fingerprint density at radius 2 is 2.06 bits per heavy atom. The van der Waals surface area contributed by atoms with E-state index in [9.17, 15) is 0 Å². The van der Waals surface area contributed by atoms with Gasteiger partial charge in [0.25, 0.3) is 0 Å². The van der Waals surface area contributed by atoms with E-state index in [0.717, 1.165) is 31.6 Å². The van der Waals surface area contributed by atoms with Crippen molar-refractivity contribution in [2.75, 3.05) is 6.61 Å². The Labute approximate surface area is 127 Å². The molecule has 1 aliphatic heterocycles. The van der Waals surface area contributed by atoms with Gasteiger partial charge in [-0.25, -0.2) is 0 Å². The smallest absolute Gasteiger partial charge is 0.125 e. The van der Waals surface area contributed by atoms with Crippen LogP contribution in [0.25, 0.3) is 0 Å². The van der Waals surface area contributed by atoms with E-state index < -0.39 is 0 Å². The highest BCUT2D eigenvalue weighted by atomic mass is 79.9. The molecule has 1 aromatic carbocycles. The predicted molar refractivity (Wildman–Crippen MR) is 83.8 cm³/mol. The van der Waals surface area contributed by atoms with Gasteiger partial charge in [-0.15, -0.1) is 0 Å². The van der Waals surface area contributed by atoms with Crippen LogP contribution in [0.2, 0.25) is 0 Å². The molecule has 3 heteroatoms. The molecule has 0 aromatic heterocycles. The Balaban J connectivity index is 2.11. The van der Waals surface area contributed by atoms with Crippen molar-refractivity contribution in [3.05, 3.63) is 27.7 Å². The number of alkyl halides is 1. The number of ether oxygens (including phenoxy) is 1. The van der Waals surface area contributed by atoms with Crippen LogP contribution in [-0.4, -0.2) is 11.4 Å². The summed E-state index contributed by atoms with van der Waals surface area (Å²) in [4.78, 5) is 0.529. The summed E-state index contributed by atoms with van der Waals surface area (Å²) in [6.07, 6.45) is 3.24. The minimum absolute atomic E-state index is 0.302. The van der Waals surface area contributed by atoms with Crippen molar-refractivity contribution >= 4 is 31.9 Å². The molecule has 0 fully saturated rings. The fraction of sp³-hybridized carbons (Fsp3) is 0.600. The molecular weight excluding hydrogens is 356 g/mol. The van der Waals surface area contributed by atoms with Crippen molar-refractivity contribution in [1.82, 2.24) is 0 Å². The van der Waals surface area contributed by atoms with Crippen LogP contribution in [0, 0.1) is 5.41 Å². The second-order valence-electron chi connectivity index (χ2n) is 6.02. The number of hydrogen-bond acceptors (Lipinski definition) is 1.